The average Bonchev–Trinajstić information content (AvgIpc) is 3.47. The van der Waals surface area contributed by atoms with Gasteiger partial charge < -0.3 is 38.6 Å². The number of carbonyl (C=O) groups is 8. The Morgan fingerprint density at radius 1 is 0.645 bits per heavy atom. The van der Waals surface area contributed by atoms with E-state index in [0.717, 1.165) is 21.3 Å². The molecule has 1 fully saturated rings. The maximum absolute atomic E-state index is 12.3. The van der Waals surface area contributed by atoms with Gasteiger partial charge in [-0.1, -0.05) is 75.4 Å². The minimum Gasteiger partial charge on any atom is -0.457 e. The Kier molecular flexibility index (Phi) is 18.9. The fourth-order valence-electron chi connectivity index (χ4n) is 5.70. The third kappa shape index (κ3) is 14.1. The highest BCUT2D eigenvalue weighted by atomic mass is 16.7. The number of aliphatic hydroxyl groups excluding tert-OH is 2. The largest absolute Gasteiger partial charge is 0.457 e. The van der Waals surface area contributed by atoms with Crippen LogP contribution in [0, 0.1) is 5.92 Å². The van der Waals surface area contributed by atoms with Gasteiger partial charge in [-0.05, 0) is 42.2 Å². The molecule has 18 nitrogen and oxygen atoms in total. The van der Waals surface area contributed by atoms with E-state index in [1.165, 1.54) is 24.3 Å². The minimum absolute atomic E-state index is 0.186. The van der Waals surface area contributed by atoms with Gasteiger partial charge in [0.1, 0.15) is 12.2 Å². The van der Waals surface area contributed by atoms with E-state index in [-0.39, 0.29) is 61.2 Å². The van der Waals surface area contributed by atoms with E-state index in [1.54, 1.807) is 24.3 Å². The molecule has 4 aliphatic rings. The van der Waals surface area contributed by atoms with Crippen molar-refractivity contribution in [3.8, 4) is 0 Å². The van der Waals surface area contributed by atoms with Crippen molar-refractivity contribution in [2.75, 3.05) is 39.9 Å². The summed E-state index contributed by atoms with van der Waals surface area (Å²) < 4.78 is 31.1. The number of fused-ring (bicyclic) bond motifs is 2. The molecule has 3 aliphatic heterocycles. The number of esters is 4. The molecule has 0 spiro atoms. The van der Waals surface area contributed by atoms with Crippen LogP contribution in [0.15, 0.2) is 84.5 Å². The molecule has 1 saturated heterocycles. The topological polar surface area (TPSA) is 239 Å². The Hall–Kier alpha value is -6.34. The zero-order valence-electron chi connectivity index (χ0n) is 34.6. The van der Waals surface area contributed by atoms with E-state index in [2.05, 4.69) is 25.5 Å². The summed E-state index contributed by atoms with van der Waals surface area (Å²) in [6.45, 7) is 4.75. The summed E-state index contributed by atoms with van der Waals surface area (Å²) >= 11 is 0. The Morgan fingerprint density at radius 2 is 1.06 bits per heavy atom. The van der Waals surface area contributed by atoms with Crippen molar-refractivity contribution < 1.29 is 77.0 Å². The van der Waals surface area contributed by atoms with Gasteiger partial charge in [-0.2, -0.15) is 0 Å². The lowest BCUT2D eigenvalue weighted by Gasteiger charge is -2.30. The number of hydrogen-bond donors (Lipinski definition) is 2. The number of carbonyl (C=O) groups excluding carboxylic acids is 8. The molecular weight excluding hydrogens is 812 g/mol. The molecule has 0 radical (unpaired) electrons. The van der Waals surface area contributed by atoms with Crippen LogP contribution in [-0.4, -0.2) is 126 Å². The standard InChI is InChI=1S/C24H23NO8.C16H17NO8.C4H10/c26-20(32-15-25-22(28)18-9-5-6-10-19(18)23(25)29)11-12-21(27)33-17-13-30-24(31-14-17)16-7-3-1-2-4-8-16;18-7-10(8-19)25-14(21)6-5-13(20)24-9-17-15(22)11-3-1-2-4-12(11)16(17)23;1-4(2)3/h1-7,9-10,17,24H,8,11-15H2;1-4,10,18-19H,5-9H2;4H,1-3H3. The molecule has 3 heterocycles. The van der Waals surface area contributed by atoms with Gasteiger partial charge in [-0.25, -0.2) is 9.80 Å². The first-order valence-corrected chi connectivity index (χ1v) is 19.8. The van der Waals surface area contributed by atoms with Crippen molar-refractivity contribution >= 4 is 47.5 Å². The van der Waals surface area contributed by atoms with Gasteiger partial charge >= 0.3 is 23.9 Å². The second kappa shape index (κ2) is 24.2. The Balaban J connectivity index is 0.000000259. The van der Waals surface area contributed by atoms with Crippen molar-refractivity contribution in [2.24, 2.45) is 5.92 Å². The lowest BCUT2D eigenvalue weighted by Crippen LogP contribution is -2.39. The molecule has 2 N–H and O–H groups in total. The smallest absolute Gasteiger partial charge is 0.308 e. The second-order valence-electron chi connectivity index (χ2n) is 14.5. The Morgan fingerprint density at radius 3 is 1.50 bits per heavy atom. The van der Waals surface area contributed by atoms with Crippen molar-refractivity contribution in [1.82, 2.24) is 9.80 Å². The van der Waals surface area contributed by atoms with Crippen LogP contribution in [0.1, 0.15) is 94.3 Å². The molecular formula is C44H50N2O16. The summed E-state index contributed by atoms with van der Waals surface area (Å²) in [7, 11) is 0. The average molecular weight is 863 g/mol. The minimum atomic E-state index is -1.04. The van der Waals surface area contributed by atoms with Gasteiger partial charge in [-0.15, -0.1) is 0 Å². The molecule has 4 amide bonds. The number of nitrogens with zero attached hydrogens (tertiary/aromatic N) is 2. The number of imide groups is 2. The van der Waals surface area contributed by atoms with Crippen molar-refractivity contribution in [1.29, 1.82) is 0 Å². The number of aliphatic hydroxyl groups is 2. The number of amides is 4. The fourth-order valence-corrected chi connectivity index (χ4v) is 5.70. The third-order valence-corrected chi connectivity index (χ3v) is 8.73. The van der Waals surface area contributed by atoms with Crippen LogP contribution >= 0.6 is 0 Å². The number of benzene rings is 2. The molecule has 6 rings (SSSR count). The van der Waals surface area contributed by atoms with E-state index in [1.807, 2.05) is 30.4 Å². The van der Waals surface area contributed by atoms with Crippen LogP contribution in [0.2, 0.25) is 0 Å². The van der Waals surface area contributed by atoms with E-state index < -0.39 is 92.7 Å². The SMILES string of the molecule is CC(C)C.O=C(CCC(=O)OC(CO)CO)OCN1C(=O)c2ccccc2C1=O.O=C(CCC(=O)OC1COC(C2=CC=CC=CC2)OC1)OCN1C(=O)c2ccccc2C1=O. The van der Waals surface area contributed by atoms with Crippen LogP contribution < -0.4 is 0 Å². The van der Waals surface area contributed by atoms with E-state index in [4.69, 9.17) is 33.9 Å². The molecule has 2 aromatic rings. The molecule has 0 atom stereocenters. The summed E-state index contributed by atoms with van der Waals surface area (Å²) in [6, 6.07) is 12.6. The van der Waals surface area contributed by atoms with Crippen LogP contribution in [0.5, 0.6) is 0 Å². The van der Waals surface area contributed by atoms with Crippen molar-refractivity contribution in [3.05, 3.63) is 107 Å². The normalized spacial score (nSPS) is 17.6. The van der Waals surface area contributed by atoms with E-state index >= 15 is 0 Å². The molecule has 0 aromatic heterocycles. The molecule has 0 bridgehead atoms. The van der Waals surface area contributed by atoms with Crippen molar-refractivity contribution in [3.63, 3.8) is 0 Å². The van der Waals surface area contributed by atoms with Gasteiger partial charge in [-0.3, -0.25) is 38.4 Å². The second-order valence-corrected chi connectivity index (χ2v) is 14.5. The monoisotopic (exact) mass is 862 g/mol. The zero-order valence-corrected chi connectivity index (χ0v) is 34.6. The highest BCUT2D eigenvalue weighted by Crippen LogP contribution is 2.24. The first-order valence-electron chi connectivity index (χ1n) is 19.8. The lowest BCUT2D eigenvalue weighted by atomic mass is 10.1. The third-order valence-electron chi connectivity index (χ3n) is 8.73. The first kappa shape index (κ1) is 48.3. The molecule has 18 heteroatoms. The van der Waals surface area contributed by atoms with Gasteiger partial charge in [0, 0.05) is 0 Å². The fraction of sp³-hybridized carbons (Fsp3) is 0.409. The molecule has 0 unspecified atom stereocenters. The lowest BCUT2D eigenvalue weighted by molar-refractivity contribution is -0.212. The van der Waals surface area contributed by atoms with Crippen molar-refractivity contribution in [2.45, 2.75) is 71.4 Å². The quantitative estimate of drug-likeness (QED) is 0.148. The van der Waals surface area contributed by atoms with Crippen LogP contribution in [0.3, 0.4) is 0 Å². The molecule has 332 valence electrons. The van der Waals surface area contributed by atoms with Crippen LogP contribution in [0.25, 0.3) is 0 Å². The highest BCUT2D eigenvalue weighted by molar-refractivity contribution is 6.22. The van der Waals surface area contributed by atoms with E-state index in [0.29, 0.717) is 6.42 Å². The van der Waals surface area contributed by atoms with Crippen LogP contribution in [0.4, 0.5) is 0 Å². The highest BCUT2D eigenvalue weighted by Gasteiger charge is 2.37. The summed E-state index contributed by atoms with van der Waals surface area (Å²) in [5.41, 5.74) is 2.00. The molecule has 62 heavy (non-hydrogen) atoms. The zero-order chi connectivity index (χ0) is 45.2. The van der Waals surface area contributed by atoms with Crippen LogP contribution in [-0.2, 0) is 47.6 Å². The Labute approximate surface area is 357 Å². The van der Waals surface area contributed by atoms with Gasteiger partial charge in [0.05, 0.1) is 74.4 Å². The van der Waals surface area contributed by atoms with Gasteiger partial charge in [0.2, 0.25) is 0 Å². The number of allylic oxidation sites excluding steroid dienone is 5. The number of hydrogen-bond acceptors (Lipinski definition) is 16. The summed E-state index contributed by atoms with van der Waals surface area (Å²) in [5, 5.41) is 17.6. The van der Waals surface area contributed by atoms with Gasteiger partial charge in [0.15, 0.2) is 19.8 Å². The number of rotatable bonds is 15. The molecule has 2 aromatic carbocycles. The maximum Gasteiger partial charge on any atom is 0.308 e. The molecule has 1 aliphatic carbocycles. The first-order chi connectivity index (χ1) is 29.7. The van der Waals surface area contributed by atoms with Gasteiger partial charge in [0.25, 0.3) is 23.6 Å². The van der Waals surface area contributed by atoms with E-state index in [9.17, 15) is 38.4 Å². The maximum atomic E-state index is 12.3. The molecule has 0 saturated carbocycles. The predicted molar refractivity (Wildman–Crippen MR) is 215 cm³/mol. The Bertz CT molecular complexity index is 1970. The number of ether oxygens (including phenoxy) is 6. The summed E-state index contributed by atoms with van der Waals surface area (Å²) in [5.74, 6) is -4.22. The summed E-state index contributed by atoms with van der Waals surface area (Å²) in [4.78, 5) is 97.4. The predicted octanol–water partition coefficient (Wildman–Crippen LogP) is 3.41. The summed E-state index contributed by atoms with van der Waals surface area (Å²) in [6.07, 6.45) is 7.23.